The highest BCUT2D eigenvalue weighted by molar-refractivity contribution is 5.91. The van der Waals surface area contributed by atoms with E-state index < -0.39 is 5.63 Å². The van der Waals surface area contributed by atoms with E-state index in [0.717, 1.165) is 22.8 Å². The summed E-state index contributed by atoms with van der Waals surface area (Å²) in [5.41, 5.74) is 3.46. The fourth-order valence-electron chi connectivity index (χ4n) is 4.15. The molecule has 5 aromatic rings. The Bertz CT molecular complexity index is 1580. The van der Waals surface area contributed by atoms with Crippen molar-refractivity contribution in [2.24, 2.45) is 0 Å². The van der Waals surface area contributed by atoms with Crippen molar-refractivity contribution in [2.75, 3.05) is 5.32 Å². The fourth-order valence-corrected chi connectivity index (χ4v) is 4.15. The lowest BCUT2D eigenvalue weighted by atomic mass is 10.2. The molecule has 0 spiro atoms. The molecular formula is C30H27N5O4. The van der Waals surface area contributed by atoms with E-state index in [9.17, 15) is 9.59 Å². The van der Waals surface area contributed by atoms with Crippen LogP contribution in [0.3, 0.4) is 0 Å². The molecule has 5 rings (SSSR count). The van der Waals surface area contributed by atoms with E-state index in [2.05, 4.69) is 20.2 Å². The van der Waals surface area contributed by atoms with Gasteiger partial charge in [0, 0.05) is 50.4 Å². The van der Waals surface area contributed by atoms with E-state index in [1.54, 1.807) is 36.7 Å². The van der Waals surface area contributed by atoms with E-state index in [-0.39, 0.29) is 18.2 Å². The van der Waals surface area contributed by atoms with Gasteiger partial charge in [0.15, 0.2) is 0 Å². The number of nitrogens with one attached hydrogen (secondary N) is 1. The van der Waals surface area contributed by atoms with Crippen LogP contribution in [0.15, 0.2) is 100 Å². The number of ether oxygens (including phenoxy) is 1. The highest BCUT2D eigenvalue weighted by Gasteiger charge is 2.12. The lowest BCUT2D eigenvalue weighted by molar-refractivity contribution is -0.114. The summed E-state index contributed by atoms with van der Waals surface area (Å²) in [6, 6.07) is 24.5. The zero-order valence-corrected chi connectivity index (χ0v) is 21.4. The van der Waals surface area contributed by atoms with Crippen molar-refractivity contribution in [1.29, 1.82) is 0 Å². The molecule has 0 aliphatic rings. The quantitative estimate of drug-likeness (QED) is 0.263. The second kappa shape index (κ2) is 12.1. The van der Waals surface area contributed by atoms with Crippen LogP contribution in [0.2, 0.25) is 0 Å². The highest BCUT2D eigenvalue weighted by Crippen LogP contribution is 2.22. The van der Waals surface area contributed by atoms with Crippen LogP contribution in [-0.2, 0) is 31.0 Å². The molecule has 0 bridgehead atoms. The minimum absolute atomic E-state index is 0.102. The van der Waals surface area contributed by atoms with Gasteiger partial charge in [0.25, 0.3) is 0 Å². The molecule has 0 atom stereocenters. The van der Waals surface area contributed by atoms with Gasteiger partial charge in [-0.25, -0.2) is 4.79 Å². The lowest BCUT2D eigenvalue weighted by Crippen LogP contribution is -2.24. The Kier molecular flexibility index (Phi) is 7.99. The van der Waals surface area contributed by atoms with Gasteiger partial charge in [-0.15, -0.1) is 0 Å². The average Bonchev–Trinajstić information content (AvgIpc) is 2.93. The second-order valence-electron chi connectivity index (χ2n) is 9.02. The first-order chi connectivity index (χ1) is 19.0. The average molecular weight is 522 g/mol. The zero-order valence-electron chi connectivity index (χ0n) is 21.4. The largest absolute Gasteiger partial charge is 0.487 e. The number of hydrogen-bond acceptors (Lipinski definition) is 8. The third-order valence-corrected chi connectivity index (χ3v) is 5.88. The van der Waals surface area contributed by atoms with Crippen molar-refractivity contribution in [1.82, 2.24) is 19.9 Å². The van der Waals surface area contributed by atoms with Crippen LogP contribution in [-0.4, -0.2) is 25.8 Å². The summed E-state index contributed by atoms with van der Waals surface area (Å²) in [6.45, 7) is 3.51. The molecule has 0 aliphatic heterocycles. The van der Waals surface area contributed by atoms with Gasteiger partial charge < -0.3 is 14.5 Å². The number of fused-ring (bicyclic) bond motifs is 1. The molecule has 4 aromatic heterocycles. The van der Waals surface area contributed by atoms with Crippen LogP contribution in [0.1, 0.15) is 29.7 Å². The first-order valence-electron chi connectivity index (χ1n) is 12.5. The number of rotatable bonds is 10. The van der Waals surface area contributed by atoms with Crippen molar-refractivity contribution in [3.63, 3.8) is 0 Å². The number of hydrogen-bond donors (Lipinski definition) is 1. The van der Waals surface area contributed by atoms with Crippen molar-refractivity contribution >= 4 is 22.6 Å². The van der Waals surface area contributed by atoms with Crippen LogP contribution in [0.4, 0.5) is 5.69 Å². The fraction of sp³-hybridized carbons (Fsp3) is 0.167. The predicted octanol–water partition coefficient (Wildman–Crippen LogP) is 4.72. The molecule has 4 heterocycles. The Balaban J connectivity index is 1.28. The summed E-state index contributed by atoms with van der Waals surface area (Å²) in [7, 11) is 0. The first-order valence-corrected chi connectivity index (χ1v) is 12.5. The van der Waals surface area contributed by atoms with Gasteiger partial charge in [-0.2, -0.15) is 0 Å². The van der Waals surface area contributed by atoms with Gasteiger partial charge in [0.1, 0.15) is 23.6 Å². The van der Waals surface area contributed by atoms with Gasteiger partial charge in [0.2, 0.25) is 5.91 Å². The second-order valence-corrected chi connectivity index (χ2v) is 9.02. The number of amides is 1. The van der Waals surface area contributed by atoms with Gasteiger partial charge >= 0.3 is 5.63 Å². The number of nitrogens with zero attached hydrogens (tertiary/aromatic N) is 4. The number of anilines is 1. The minimum atomic E-state index is -0.620. The topological polar surface area (TPSA) is 110 Å². The summed E-state index contributed by atoms with van der Waals surface area (Å²) in [6.07, 6.45) is 3.59. The lowest BCUT2D eigenvalue weighted by Gasteiger charge is -2.21. The summed E-state index contributed by atoms with van der Waals surface area (Å²) in [4.78, 5) is 39.5. The molecule has 0 saturated heterocycles. The molecule has 0 unspecified atom stereocenters. The standard InChI is InChI=1S/C30H27N5O4/c1-21(36)33-28-15-22-11-12-27(16-29(22)39-30(28)37)38-20-26-10-6-9-25(34-26)19-35(17-23-7-2-4-13-31-23)18-24-8-3-5-14-32-24/h2-16H,17-20H2,1H3,(H,33,36). The third-order valence-electron chi connectivity index (χ3n) is 5.88. The zero-order chi connectivity index (χ0) is 27.0. The maximum atomic E-state index is 12.2. The smallest absolute Gasteiger partial charge is 0.360 e. The normalized spacial score (nSPS) is 11.0. The molecule has 0 fully saturated rings. The molecule has 0 saturated carbocycles. The van der Waals surface area contributed by atoms with Gasteiger partial charge in [-0.3, -0.25) is 24.6 Å². The molecule has 1 amide bonds. The van der Waals surface area contributed by atoms with E-state index in [1.807, 2.05) is 54.6 Å². The number of carbonyl (C=O) groups is 1. The molecule has 0 radical (unpaired) electrons. The third kappa shape index (κ3) is 7.12. The van der Waals surface area contributed by atoms with Gasteiger partial charge in [-0.05, 0) is 54.6 Å². The van der Waals surface area contributed by atoms with Crippen LogP contribution in [0.25, 0.3) is 11.0 Å². The Hall–Kier alpha value is -4.89. The molecule has 196 valence electrons. The van der Waals surface area contributed by atoms with E-state index in [1.165, 1.54) is 6.92 Å². The van der Waals surface area contributed by atoms with E-state index in [0.29, 0.717) is 36.4 Å². The van der Waals surface area contributed by atoms with Crippen LogP contribution >= 0.6 is 0 Å². The Morgan fingerprint density at radius 3 is 2.18 bits per heavy atom. The molecule has 1 N–H and O–H groups in total. The minimum Gasteiger partial charge on any atom is -0.487 e. The summed E-state index contributed by atoms with van der Waals surface area (Å²) in [5.74, 6) is 0.199. The Morgan fingerprint density at radius 2 is 1.51 bits per heavy atom. The molecule has 0 aliphatic carbocycles. The molecule has 39 heavy (non-hydrogen) atoms. The number of benzene rings is 1. The number of pyridine rings is 3. The summed E-state index contributed by atoms with van der Waals surface area (Å²) >= 11 is 0. The SMILES string of the molecule is CC(=O)Nc1cc2ccc(OCc3cccc(CN(Cc4ccccn4)Cc4ccccn4)n3)cc2oc1=O. The van der Waals surface area contributed by atoms with E-state index >= 15 is 0 Å². The maximum Gasteiger partial charge on any atom is 0.360 e. The molecule has 9 heteroatoms. The molecule has 1 aromatic carbocycles. The predicted molar refractivity (Wildman–Crippen MR) is 147 cm³/mol. The van der Waals surface area contributed by atoms with Crippen molar-refractivity contribution in [3.05, 3.63) is 124 Å². The van der Waals surface area contributed by atoms with E-state index in [4.69, 9.17) is 14.1 Å². The van der Waals surface area contributed by atoms with Crippen molar-refractivity contribution in [2.45, 2.75) is 33.2 Å². The van der Waals surface area contributed by atoms with Gasteiger partial charge in [-0.1, -0.05) is 18.2 Å². The highest BCUT2D eigenvalue weighted by atomic mass is 16.5. The summed E-state index contributed by atoms with van der Waals surface area (Å²) < 4.78 is 11.3. The Labute approximate surface area is 225 Å². The number of carbonyl (C=O) groups excluding carboxylic acids is 1. The van der Waals surface area contributed by atoms with Gasteiger partial charge in [0.05, 0.1) is 22.8 Å². The first kappa shape index (κ1) is 25.7. The van der Waals surface area contributed by atoms with Crippen molar-refractivity contribution < 1.29 is 13.9 Å². The van der Waals surface area contributed by atoms with Crippen LogP contribution in [0.5, 0.6) is 5.75 Å². The van der Waals surface area contributed by atoms with Crippen molar-refractivity contribution in [3.8, 4) is 5.75 Å². The summed E-state index contributed by atoms with van der Waals surface area (Å²) in [5, 5.41) is 3.15. The monoisotopic (exact) mass is 521 g/mol. The molecular weight excluding hydrogens is 494 g/mol. The van der Waals surface area contributed by atoms with Crippen LogP contribution in [0, 0.1) is 0 Å². The number of aromatic nitrogens is 3. The van der Waals surface area contributed by atoms with Crippen LogP contribution < -0.4 is 15.7 Å². The maximum absolute atomic E-state index is 12.2. The molecule has 9 nitrogen and oxygen atoms in total. The Morgan fingerprint density at radius 1 is 0.846 bits per heavy atom.